The summed E-state index contributed by atoms with van der Waals surface area (Å²) in [6.07, 6.45) is 3.45. The Morgan fingerprint density at radius 2 is 1.81 bits per heavy atom. The summed E-state index contributed by atoms with van der Waals surface area (Å²) in [6.45, 7) is 0.538. The molecule has 0 saturated carbocycles. The van der Waals surface area contributed by atoms with E-state index >= 15 is 0 Å². The van der Waals surface area contributed by atoms with Crippen molar-refractivity contribution in [1.29, 1.82) is 0 Å². The van der Waals surface area contributed by atoms with Crippen molar-refractivity contribution in [2.24, 2.45) is 0 Å². The summed E-state index contributed by atoms with van der Waals surface area (Å²) in [5, 5.41) is 1.03. The maximum atomic E-state index is 12.4. The lowest BCUT2D eigenvalue weighted by molar-refractivity contribution is 0.0779. The standard InChI is InChI=1S/C17H15N3O/c1-20(12-13-8-10-18-11-9-13)17(21)16-7-6-14-4-2-3-5-15(14)19-16/h2-11H,12H2,1H3. The van der Waals surface area contributed by atoms with Gasteiger partial charge in [0.25, 0.3) is 5.91 Å². The molecule has 21 heavy (non-hydrogen) atoms. The average molecular weight is 277 g/mol. The Balaban J connectivity index is 1.82. The Labute approximate surface area is 123 Å². The van der Waals surface area contributed by atoms with Gasteiger partial charge >= 0.3 is 0 Å². The Hall–Kier alpha value is -2.75. The third-order valence-electron chi connectivity index (χ3n) is 3.33. The van der Waals surface area contributed by atoms with Gasteiger partial charge in [-0.15, -0.1) is 0 Å². The van der Waals surface area contributed by atoms with Crippen LogP contribution in [-0.4, -0.2) is 27.8 Å². The van der Waals surface area contributed by atoms with Crippen molar-refractivity contribution in [3.8, 4) is 0 Å². The lowest BCUT2D eigenvalue weighted by atomic mass is 10.2. The topological polar surface area (TPSA) is 46.1 Å². The van der Waals surface area contributed by atoms with Crippen LogP contribution in [0.5, 0.6) is 0 Å². The molecule has 2 aromatic heterocycles. The van der Waals surface area contributed by atoms with Crippen LogP contribution in [0.4, 0.5) is 0 Å². The number of pyridine rings is 2. The van der Waals surface area contributed by atoms with Gasteiger partial charge in [0, 0.05) is 31.4 Å². The highest BCUT2D eigenvalue weighted by Crippen LogP contribution is 2.13. The maximum absolute atomic E-state index is 12.4. The van der Waals surface area contributed by atoms with Crippen LogP contribution in [0.3, 0.4) is 0 Å². The first-order chi connectivity index (χ1) is 10.2. The van der Waals surface area contributed by atoms with Crippen LogP contribution < -0.4 is 0 Å². The molecule has 0 fully saturated rings. The second-order valence-corrected chi connectivity index (χ2v) is 4.91. The van der Waals surface area contributed by atoms with E-state index in [1.54, 1.807) is 30.4 Å². The number of hydrogen-bond acceptors (Lipinski definition) is 3. The molecule has 2 heterocycles. The number of fused-ring (bicyclic) bond motifs is 1. The number of amides is 1. The fraction of sp³-hybridized carbons (Fsp3) is 0.118. The van der Waals surface area contributed by atoms with Crippen LogP contribution >= 0.6 is 0 Å². The predicted molar refractivity (Wildman–Crippen MR) is 81.8 cm³/mol. The first kappa shape index (κ1) is 13.2. The van der Waals surface area contributed by atoms with Crippen LogP contribution in [0.25, 0.3) is 10.9 Å². The minimum Gasteiger partial charge on any atom is -0.336 e. The number of rotatable bonds is 3. The van der Waals surface area contributed by atoms with Crippen molar-refractivity contribution in [3.63, 3.8) is 0 Å². The first-order valence-electron chi connectivity index (χ1n) is 6.74. The van der Waals surface area contributed by atoms with Gasteiger partial charge in [-0.2, -0.15) is 0 Å². The summed E-state index contributed by atoms with van der Waals surface area (Å²) in [5.41, 5.74) is 2.34. The zero-order chi connectivity index (χ0) is 14.7. The molecule has 0 N–H and O–H groups in total. The fourth-order valence-corrected chi connectivity index (χ4v) is 2.21. The van der Waals surface area contributed by atoms with E-state index in [1.165, 1.54) is 0 Å². The number of benzene rings is 1. The molecule has 0 aliphatic rings. The summed E-state index contributed by atoms with van der Waals surface area (Å²) in [5.74, 6) is -0.0856. The van der Waals surface area contributed by atoms with Crippen molar-refractivity contribution in [2.75, 3.05) is 7.05 Å². The molecule has 0 unspecified atom stereocenters. The van der Waals surface area contributed by atoms with Crippen molar-refractivity contribution >= 4 is 16.8 Å². The molecule has 1 amide bonds. The number of carbonyl (C=O) groups is 1. The van der Waals surface area contributed by atoms with Crippen molar-refractivity contribution < 1.29 is 4.79 Å². The molecule has 0 aliphatic heterocycles. The highest BCUT2D eigenvalue weighted by Gasteiger charge is 2.13. The maximum Gasteiger partial charge on any atom is 0.272 e. The smallest absolute Gasteiger partial charge is 0.272 e. The average Bonchev–Trinajstić information content (AvgIpc) is 2.54. The fourth-order valence-electron chi connectivity index (χ4n) is 2.21. The van der Waals surface area contributed by atoms with Crippen molar-refractivity contribution in [1.82, 2.24) is 14.9 Å². The van der Waals surface area contributed by atoms with Crippen LogP contribution in [0.2, 0.25) is 0 Å². The highest BCUT2D eigenvalue weighted by atomic mass is 16.2. The number of hydrogen-bond donors (Lipinski definition) is 0. The van der Waals surface area contributed by atoms with E-state index in [0.717, 1.165) is 16.5 Å². The number of para-hydroxylation sites is 1. The number of carbonyl (C=O) groups excluding carboxylic acids is 1. The number of aromatic nitrogens is 2. The third kappa shape index (κ3) is 2.89. The van der Waals surface area contributed by atoms with Crippen molar-refractivity contribution in [3.05, 3.63) is 72.2 Å². The number of nitrogens with zero attached hydrogens (tertiary/aromatic N) is 3. The summed E-state index contributed by atoms with van der Waals surface area (Å²) in [4.78, 5) is 22.5. The molecular weight excluding hydrogens is 262 g/mol. The van der Waals surface area contributed by atoms with E-state index < -0.39 is 0 Å². The van der Waals surface area contributed by atoms with Gasteiger partial charge in [-0.3, -0.25) is 9.78 Å². The Morgan fingerprint density at radius 3 is 2.62 bits per heavy atom. The molecule has 3 rings (SSSR count). The molecule has 0 bridgehead atoms. The van der Waals surface area contributed by atoms with Gasteiger partial charge in [0.1, 0.15) is 5.69 Å². The molecule has 3 aromatic rings. The third-order valence-corrected chi connectivity index (χ3v) is 3.33. The molecule has 0 radical (unpaired) electrons. The van der Waals surface area contributed by atoms with E-state index in [0.29, 0.717) is 12.2 Å². The van der Waals surface area contributed by atoms with E-state index in [9.17, 15) is 4.79 Å². The molecule has 0 spiro atoms. The minimum absolute atomic E-state index is 0.0856. The Kier molecular flexibility index (Phi) is 3.60. The summed E-state index contributed by atoms with van der Waals surface area (Å²) < 4.78 is 0. The highest BCUT2D eigenvalue weighted by molar-refractivity contribution is 5.94. The zero-order valence-corrected chi connectivity index (χ0v) is 11.7. The van der Waals surface area contributed by atoms with Gasteiger partial charge in [-0.1, -0.05) is 24.3 Å². The summed E-state index contributed by atoms with van der Waals surface area (Å²) in [6, 6.07) is 15.3. The molecule has 104 valence electrons. The normalized spacial score (nSPS) is 10.5. The predicted octanol–water partition coefficient (Wildman–Crippen LogP) is 2.90. The molecular formula is C17H15N3O. The van der Waals surface area contributed by atoms with Gasteiger partial charge in [-0.25, -0.2) is 4.98 Å². The molecule has 4 heteroatoms. The van der Waals surface area contributed by atoms with Crippen LogP contribution in [0.15, 0.2) is 60.9 Å². The second-order valence-electron chi connectivity index (χ2n) is 4.91. The molecule has 1 aromatic carbocycles. The van der Waals surface area contributed by atoms with E-state index in [-0.39, 0.29) is 5.91 Å². The van der Waals surface area contributed by atoms with Crippen LogP contribution in [-0.2, 0) is 6.54 Å². The minimum atomic E-state index is -0.0856. The lowest BCUT2D eigenvalue weighted by Crippen LogP contribution is -2.27. The van der Waals surface area contributed by atoms with Crippen molar-refractivity contribution in [2.45, 2.75) is 6.54 Å². The van der Waals surface area contributed by atoms with E-state index in [2.05, 4.69) is 9.97 Å². The van der Waals surface area contributed by atoms with Gasteiger partial charge in [0.2, 0.25) is 0 Å². The first-order valence-corrected chi connectivity index (χ1v) is 6.74. The second kappa shape index (κ2) is 5.71. The monoisotopic (exact) mass is 277 g/mol. The quantitative estimate of drug-likeness (QED) is 0.739. The SMILES string of the molecule is CN(Cc1ccncc1)C(=O)c1ccc2ccccc2n1. The van der Waals surface area contributed by atoms with Crippen LogP contribution in [0.1, 0.15) is 16.1 Å². The molecule has 0 saturated heterocycles. The lowest BCUT2D eigenvalue weighted by Gasteiger charge is -2.16. The zero-order valence-electron chi connectivity index (χ0n) is 11.7. The van der Waals surface area contributed by atoms with Gasteiger partial charge in [-0.05, 0) is 29.8 Å². The van der Waals surface area contributed by atoms with Crippen LogP contribution in [0, 0.1) is 0 Å². The van der Waals surface area contributed by atoms with E-state index in [4.69, 9.17) is 0 Å². The van der Waals surface area contributed by atoms with Gasteiger partial charge < -0.3 is 4.90 Å². The molecule has 0 aliphatic carbocycles. The van der Waals surface area contributed by atoms with Gasteiger partial charge in [0.05, 0.1) is 5.52 Å². The largest absolute Gasteiger partial charge is 0.336 e. The van der Waals surface area contributed by atoms with Gasteiger partial charge in [0.15, 0.2) is 0 Å². The molecule has 0 atom stereocenters. The Morgan fingerprint density at radius 1 is 1.05 bits per heavy atom. The summed E-state index contributed by atoms with van der Waals surface area (Å²) in [7, 11) is 1.78. The Bertz CT molecular complexity index is 771. The summed E-state index contributed by atoms with van der Waals surface area (Å²) >= 11 is 0. The molecule has 4 nitrogen and oxygen atoms in total. The van der Waals surface area contributed by atoms with E-state index in [1.807, 2.05) is 42.5 Å².